The summed E-state index contributed by atoms with van der Waals surface area (Å²) in [4.78, 5) is 22.7. The molecule has 0 unspecified atom stereocenters. The summed E-state index contributed by atoms with van der Waals surface area (Å²) in [7, 11) is 0. The smallest absolute Gasteiger partial charge is 0.271 e. The predicted molar refractivity (Wildman–Crippen MR) is 101 cm³/mol. The number of amides is 1. The number of thioether (sulfide) groups is 1. The van der Waals surface area contributed by atoms with Crippen molar-refractivity contribution < 1.29 is 9.72 Å². The summed E-state index contributed by atoms with van der Waals surface area (Å²) in [5, 5.41) is 25.6. The summed E-state index contributed by atoms with van der Waals surface area (Å²) in [6.45, 7) is 3.74. The molecule has 10 heteroatoms. The van der Waals surface area contributed by atoms with Crippen molar-refractivity contribution in [1.82, 2.24) is 20.2 Å². The van der Waals surface area contributed by atoms with E-state index in [-0.39, 0.29) is 17.3 Å². The largest absolute Gasteiger partial charge is 0.325 e. The first-order valence-corrected chi connectivity index (χ1v) is 8.96. The van der Waals surface area contributed by atoms with Gasteiger partial charge < -0.3 is 5.32 Å². The molecule has 0 bridgehead atoms. The maximum absolute atomic E-state index is 12.3. The second kappa shape index (κ2) is 7.96. The van der Waals surface area contributed by atoms with Gasteiger partial charge in [-0.3, -0.25) is 14.9 Å². The molecule has 0 spiro atoms. The number of nitro benzene ring substituents is 1. The molecule has 1 heterocycles. The van der Waals surface area contributed by atoms with Gasteiger partial charge in [-0.05, 0) is 47.5 Å². The van der Waals surface area contributed by atoms with Crippen molar-refractivity contribution in [2.45, 2.75) is 19.0 Å². The second-order valence-electron chi connectivity index (χ2n) is 5.81. The zero-order valence-electron chi connectivity index (χ0n) is 14.6. The lowest BCUT2D eigenvalue weighted by atomic mass is 10.2. The Kier molecular flexibility index (Phi) is 5.46. The van der Waals surface area contributed by atoms with E-state index in [1.54, 1.807) is 17.7 Å². The number of anilines is 1. The SMILES string of the molecule is Cc1cccc(-n2nnnc2SCC(=O)Nc2cc([N+](=O)[O-])ccc2C)c1. The van der Waals surface area contributed by atoms with Crippen molar-refractivity contribution in [3.63, 3.8) is 0 Å². The van der Waals surface area contributed by atoms with Crippen molar-refractivity contribution in [3.8, 4) is 5.69 Å². The van der Waals surface area contributed by atoms with Gasteiger partial charge in [0.15, 0.2) is 0 Å². The van der Waals surface area contributed by atoms with Crippen LogP contribution in [-0.2, 0) is 4.79 Å². The Morgan fingerprint density at radius 2 is 2.07 bits per heavy atom. The minimum absolute atomic E-state index is 0.0638. The fourth-order valence-electron chi connectivity index (χ4n) is 2.37. The number of benzene rings is 2. The minimum Gasteiger partial charge on any atom is -0.325 e. The number of rotatable bonds is 6. The number of nitrogens with zero attached hydrogens (tertiary/aromatic N) is 5. The van der Waals surface area contributed by atoms with Crippen LogP contribution in [0.3, 0.4) is 0 Å². The molecular formula is C17H16N6O3S. The molecule has 0 atom stereocenters. The topological polar surface area (TPSA) is 116 Å². The summed E-state index contributed by atoms with van der Waals surface area (Å²) in [6.07, 6.45) is 0. The van der Waals surface area contributed by atoms with Crippen LogP contribution in [-0.4, -0.2) is 36.8 Å². The Morgan fingerprint density at radius 1 is 1.26 bits per heavy atom. The molecule has 1 aromatic heterocycles. The molecule has 0 saturated carbocycles. The predicted octanol–water partition coefficient (Wildman–Crippen LogP) is 2.92. The van der Waals surface area contributed by atoms with Crippen molar-refractivity contribution in [2.75, 3.05) is 11.1 Å². The Morgan fingerprint density at radius 3 is 2.81 bits per heavy atom. The van der Waals surface area contributed by atoms with Crippen molar-refractivity contribution in [1.29, 1.82) is 0 Å². The van der Waals surface area contributed by atoms with Crippen LogP contribution in [0.15, 0.2) is 47.6 Å². The fourth-order valence-corrected chi connectivity index (χ4v) is 3.06. The number of aromatic nitrogens is 4. The van der Waals surface area contributed by atoms with Gasteiger partial charge in [-0.1, -0.05) is 30.0 Å². The third-order valence-electron chi connectivity index (χ3n) is 3.73. The van der Waals surface area contributed by atoms with Gasteiger partial charge in [-0.2, -0.15) is 4.68 Å². The Bertz CT molecular complexity index is 1000. The van der Waals surface area contributed by atoms with Crippen LogP contribution in [0.2, 0.25) is 0 Å². The highest BCUT2D eigenvalue weighted by Gasteiger charge is 2.14. The van der Waals surface area contributed by atoms with Crippen molar-refractivity contribution in [2.24, 2.45) is 0 Å². The molecule has 1 amide bonds. The standard InChI is InChI=1S/C17H16N6O3S/c1-11-4-3-5-13(8-11)22-17(19-20-21-22)27-10-16(24)18-15-9-14(23(25)26)7-6-12(15)2/h3-9H,10H2,1-2H3,(H,18,24). The normalized spacial score (nSPS) is 10.6. The number of carbonyl (C=O) groups excluding carboxylic acids is 1. The molecule has 3 rings (SSSR count). The zero-order valence-corrected chi connectivity index (χ0v) is 15.4. The number of nitrogens with one attached hydrogen (secondary N) is 1. The van der Waals surface area contributed by atoms with Gasteiger partial charge in [0.05, 0.1) is 22.1 Å². The molecule has 27 heavy (non-hydrogen) atoms. The average molecular weight is 384 g/mol. The number of hydrogen-bond donors (Lipinski definition) is 1. The van der Waals surface area contributed by atoms with E-state index >= 15 is 0 Å². The minimum atomic E-state index is -0.500. The maximum atomic E-state index is 12.3. The molecule has 0 radical (unpaired) electrons. The van der Waals surface area contributed by atoms with Gasteiger partial charge in [-0.15, -0.1) is 5.10 Å². The average Bonchev–Trinajstić information content (AvgIpc) is 3.10. The Labute approximate surface area is 158 Å². The fraction of sp³-hybridized carbons (Fsp3) is 0.176. The molecular weight excluding hydrogens is 368 g/mol. The van der Waals surface area contributed by atoms with Gasteiger partial charge in [0, 0.05) is 12.1 Å². The molecule has 0 fully saturated rings. The summed E-state index contributed by atoms with van der Waals surface area (Å²) >= 11 is 1.18. The van der Waals surface area contributed by atoms with Crippen molar-refractivity contribution >= 4 is 29.0 Å². The van der Waals surface area contributed by atoms with Crippen LogP contribution in [0.25, 0.3) is 5.69 Å². The number of hydrogen-bond acceptors (Lipinski definition) is 7. The third-order valence-corrected chi connectivity index (χ3v) is 4.64. The van der Waals surface area contributed by atoms with Crippen LogP contribution in [0.1, 0.15) is 11.1 Å². The van der Waals surface area contributed by atoms with Gasteiger partial charge in [0.1, 0.15) is 0 Å². The Balaban J connectivity index is 1.68. The second-order valence-corrected chi connectivity index (χ2v) is 6.75. The van der Waals surface area contributed by atoms with Gasteiger partial charge in [-0.25, -0.2) is 0 Å². The lowest BCUT2D eigenvalue weighted by Gasteiger charge is -2.08. The number of nitro groups is 1. The summed E-state index contributed by atoms with van der Waals surface area (Å²) in [5.41, 5.74) is 2.94. The highest BCUT2D eigenvalue weighted by molar-refractivity contribution is 7.99. The molecule has 0 aliphatic heterocycles. The van der Waals surface area contributed by atoms with Crippen LogP contribution >= 0.6 is 11.8 Å². The van der Waals surface area contributed by atoms with Gasteiger partial charge >= 0.3 is 0 Å². The first kappa shape index (κ1) is 18.5. The number of tetrazole rings is 1. The molecule has 9 nitrogen and oxygen atoms in total. The molecule has 0 aliphatic rings. The quantitative estimate of drug-likeness (QED) is 0.394. The van der Waals surface area contributed by atoms with Crippen LogP contribution in [0.4, 0.5) is 11.4 Å². The van der Waals surface area contributed by atoms with E-state index in [4.69, 9.17) is 0 Å². The Hall–Kier alpha value is -3.27. The monoisotopic (exact) mass is 384 g/mol. The number of aryl methyl sites for hydroxylation is 2. The van der Waals surface area contributed by atoms with Gasteiger partial charge in [0.25, 0.3) is 5.69 Å². The lowest BCUT2D eigenvalue weighted by Crippen LogP contribution is -2.15. The van der Waals surface area contributed by atoms with E-state index in [1.165, 1.54) is 23.9 Å². The third kappa shape index (κ3) is 4.47. The van der Waals surface area contributed by atoms with E-state index in [0.29, 0.717) is 10.8 Å². The lowest BCUT2D eigenvalue weighted by molar-refractivity contribution is -0.384. The maximum Gasteiger partial charge on any atom is 0.271 e. The molecule has 0 aliphatic carbocycles. The highest BCUT2D eigenvalue weighted by Crippen LogP contribution is 2.23. The molecule has 0 saturated heterocycles. The summed E-state index contributed by atoms with van der Waals surface area (Å²) in [6, 6.07) is 12.0. The highest BCUT2D eigenvalue weighted by atomic mass is 32.2. The number of carbonyl (C=O) groups is 1. The first-order chi connectivity index (χ1) is 12.9. The molecule has 3 aromatic rings. The van der Waals surface area contributed by atoms with E-state index < -0.39 is 4.92 Å². The van der Waals surface area contributed by atoms with Crippen LogP contribution in [0.5, 0.6) is 0 Å². The molecule has 2 aromatic carbocycles. The van der Waals surface area contributed by atoms with Gasteiger partial charge in [0.2, 0.25) is 11.1 Å². The van der Waals surface area contributed by atoms with E-state index in [0.717, 1.165) is 16.8 Å². The molecule has 138 valence electrons. The van der Waals surface area contributed by atoms with Crippen LogP contribution in [0, 0.1) is 24.0 Å². The van der Waals surface area contributed by atoms with E-state index in [9.17, 15) is 14.9 Å². The number of non-ortho nitro benzene ring substituents is 1. The summed E-state index contributed by atoms with van der Waals surface area (Å²) < 4.78 is 1.56. The van der Waals surface area contributed by atoms with E-state index in [1.807, 2.05) is 31.2 Å². The molecule has 1 N–H and O–H groups in total. The summed E-state index contributed by atoms with van der Waals surface area (Å²) in [5.74, 6) is -0.240. The van der Waals surface area contributed by atoms with Crippen LogP contribution < -0.4 is 5.32 Å². The zero-order chi connectivity index (χ0) is 19.4. The first-order valence-electron chi connectivity index (χ1n) is 7.97. The van der Waals surface area contributed by atoms with E-state index in [2.05, 4.69) is 20.8 Å². The van der Waals surface area contributed by atoms with Crippen molar-refractivity contribution in [3.05, 3.63) is 63.7 Å².